The molecule has 0 bridgehead atoms. The molecule has 1 aliphatic carbocycles. The van der Waals surface area contributed by atoms with Crippen LogP contribution in [0.15, 0.2) is 58.4 Å². The molecule has 0 spiro atoms. The van der Waals surface area contributed by atoms with Crippen LogP contribution < -0.4 is 4.74 Å². The van der Waals surface area contributed by atoms with Gasteiger partial charge in [-0.3, -0.25) is 4.79 Å². The van der Waals surface area contributed by atoms with Crippen molar-refractivity contribution in [3.05, 3.63) is 70.1 Å². The lowest BCUT2D eigenvalue weighted by Crippen LogP contribution is -2.06. The molecule has 1 fully saturated rings. The third kappa shape index (κ3) is 5.19. The highest BCUT2D eigenvalue weighted by Gasteiger charge is 2.21. The summed E-state index contributed by atoms with van der Waals surface area (Å²) in [6.45, 7) is 2.08. The van der Waals surface area contributed by atoms with Crippen LogP contribution in [-0.4, -0.2) is 16.5 Å². The molecule has 3 nitrogen and oxygen atoms in total. The van der Waals surface area contributed by atoms with E-state index in [9.17, 15) is 4.79 Å². The van der Waals surface area contributed by atoms with E-state index >= 15 is 0 Å². The second-order valence-electron chi connectivity index (χ2n) is 7.83. The van der Waals surface area contributed by atoms with Crippen molar-refractivity contribution in [2.45, 2.75) is 51.0 Å². The van der Waals surface area contributed by atoms with Gasteiger partial charge in [0.2, 0.25) is 0 Å². The van der Waals surface area contributed by atoms with Crippen LogP contribution in [0.2, 0.25) is 0 Å². The Labute approximate surface area is 187 Å². The summed E-state index contributed by atoms with van der Waals surface area (Å²) in [4.78, 5) is 16.6. The van der Waals surface area contributed by atoms with Crippen LogP contribution in [0.4, 0.5) is 0 Å². The minimum absolute atomic E-state index is 0.0147. The third-order valence-electron chi connectivity index (χ3n) is 5.75. The number of thioether (sulfide) groups is 2. The molecule has 2 aromatic carbocycles. The SMILES string of the molecule is CSC1=NC(=O)/C(=C\c2ccc(OC(C)c3ccc(C4CCCCC4)cc3)cc2)S1. The van der Waals surface area contributed by atoms with E-state index in [2.05, 4.69) is 36.2 Å². The van der Waals surface area contributed by atoms with E-state index in [1.807, 2.05) is 36.6 Å². The maximum atomic E-state index is 11.9. The maximum absolute atomic E-state index is 11.9. The molecule has 156 valence electrons. The Kier molecular flexibility index (Phi) is 7.00. The lowest BCUT2D eigenvalue weighted by atomic mass is 9.84. The fraction of sp³-hybridized carbons (Fsp3) is 0.360. The van der Waals surface area contributed by atoms with Crippen molar-refractivity contribution < 1.29 is 9.53 Å². The summed E-state index contributed by atoms with van der Waals surface area (Å²) < 4.78 is 6.95. The first-order valence-electron chi connectivity index (χ1n) is 10.6. The zero-order chi connectivity index (χ0) is 20.9. The van der Waals surface area contributed by atoms with Gasteiger partial charge in [-0.25, -0.2) is 0 Å². The molecule has 1 heterocycles. The summed E-state index contributed by atoms with van der Waals surface area (Å²) in [6.07, 6.45) is 10.5. The summed E-state index contributed by atoms with van der Waals surface area (Å²) >= 11 is 2.93. The molecule has 1 saturated carbocycles. The number of carbonyl (C=O) groups excluding carboxylic acids is 1. The van der Waals surface area contributed by atoms with Gasteiger partial charge < -0.3 is 4.74 Å². The number of nitrogens with zero attached hydrogens (tertiary/aromatic N) is 1. The van der Waals surface area contributed by atoms with Crippen molar-refractivity contribution in [2.24, 2.45) is 4.99 Å². The Hall–Kier alpha value is -1.98. The van der Waals surface area contributed by atoms with Crippen molar-refractivity contribution in [3.63, 3.8) is 0 Å². The average Bonchev–Trinajstić information content (AvgIpc) is 3.15. The molecule has 1 amide bonds. The van der Waals surface area contributed by atoms with E-state index < -0.39 is 0 Å². The van der Waals surface area contributed by atoms with E-state index in [0.29, 0.717) is 4.91 Å². The average molecular weight is 438 g/mol. The topological polar surface area (TPSA) is 38.7 Å². The molecule has 0 N–H and O–H groups in total. The Morgan fingerprint density at radius 1 is 1.07 bits per heavy atom. The third-order valence-corrected chi connectivity index (χ3v) is 7.72. The van der Waals surface area contributed by atoms with Gasteiger partial charge in [-0.1, -0.05) is 67.4 Å². The molecule has 0 radical (unpaired) electrons. The predicted molar refractivity (Wildman–Crippen MR) is 129 cm³/mol. The zero-order valence-electron chi connectivity index (χ0n) is 17.5. The largest absolute Gasteiger partial charge is 0.486 e. The van der Waals surface area contributed by atoms with E-state index in [-0.39, 0.29) is 12.0 Å². The van der Waals surface area contributed by atoms with Gasteiger partial charge >= 0.3 is 0 Å². The summed E-state index contributed by atoms with van der Waals surface area (Å²) in [6, 6.07) is 16.8. The van der Waals surface area contributed by atoms with Gasteiger partial charge in [0.15, 0.2) is 0 Å². The quantitative estimate of drug-likeness (QED) is 0.463. The predicted octanol–water partition coefficient (Wildman–Crippen LogP) is 7.21. The number of hydrogen-bond donors (Lipinski definition) is 0. The van der Waals surface area contributed by atoms with Crippen LogP contribution in [0.1, 0.15) is 67.7 Å². The molecule has 0 saturated heterocycles. The first-order chi connectivity index (χ1) is 14.6. The van der Waals surface area contributed by atoms with Gasteiger partial charge in [0, 0.05) is 0 Å². The molecule has 1 atom stereocenters. The first-order valence-corrected chi connectivity index (χ1v) is 12.6. The zero-order valence-corrected chi connectivity index (χ0v) is 19.1. The smallest absolute Gasteiger partial charge is 0.285 e. The normalized spacial score (nSPS) is 19.7. The van der Waals surface area contributed by atoms with Gasteiger partial charge in [0.05, 0.1) is 4.91 Å². The van der Waals surface area contributed by atoms with Crippen LogP contribution in [0.25, 0.3) is 6.08 Å². The van der Waals surface area contributed by atoms with Gasteiger partial charge in [0.1, 0.15) is 16.2 Å². The second-order valence-corrected chi connectivity index (χ2v) is 9.91. The Morgan fingerprint density at radius 3 is 2.40 bits per heavy atom. The molecule has 4 rings (SSSR count). The number of hydrogen-bond acceptors (Lipinski definition) is 4. The molecule has 0 aromatic heterocycles. The number of amides is 1. The fourth-order valence-electron chi connectivity index (χ4n) is 4.02. The minimum Gasteiger partial charge on any atom is -0.486 e. The summed E-state index contributed by atoms with van der Waals surface area (Å²) in [5.74, 6) is 1.40. The molecule has 2 aromatic rings. The fourth-order valence-corrected chi connectivity index (χ4v) is 5.44. The molecule has 5 heteroatoms. The van der Waals surface area contributed by atoms with Gasteiger partial charge in [0.25, 0.3) is 5.91 Å². The van der Waals surface area contributed by atoms with Crippen molar-refractivity contribution in [1.29, 1.82) is 0 Å². The summed E-state index contributed by atoms with van der Waals surface area (Å²) in [5, 5.41) is 0. The number of carbonyl (C=O) groups is 1. The van der Waals surface area contributed by atoms with Gasteiger partial charge in [-0.05, 0) is 66.8 Å². The molecule has 2 aliphatic rings. The number of rotatable bonds is 5. The minimum atomic E-state index is -0.157. The van der Waals surface area contributed by atoms with Crippen LogP contribution in [0.3, 0.4) is 0 Å². The van der Waals surface area contributed by atoms with Crippen LogP contribution in [0, 0.1) is 0 Å². The molecule has 1 unspecified atom stereocenters. The molecular formula is C25H27NO2S2. The van der Waals surface area contributed by atoms with Crippen molar-refractivity contribution in [3.8, 4) is 5.75 Å². The van der Waals surface area contributed by atoms with Crippen molar-refractivity contribution >= 4 is 39.9 Å². The Morgan fingerprint density at radius 2 is 1.77 bits per heavy atom. The first kappa shape index (κ1) is 21.3. The molecule has 30 heavy (non-hydrogen) atoms. The van der Waals surface area contributed by atoms with Crippen LogP contribution in [0.5, 0.6) is 5.75 Å². The highest BCUT2D eigenvalue weighted by Crippen LogP contribution is 2.34. The highest BCUT2D eigenvalue weighted by molar-refractivity contribution is 8.40. The van der Waals surface area contributed by atoms with E-state index in [1.165, 1.54) is 66.8 Å². The van der Waals surface area contributed by atoms with Crippen LogP contribution in [-0.2, 0) is 4.79 Å². The maximum Gasteiger partial charge on any atom is 0.285 e. The molecule has 1 aliphatic heterocycles. The lowest BCUT2D eigenvalue weighted by molar-refractivity contribution is -0.113. The van der Waals surface area contributed by atoms with E-state index in [1.54, 1.807) is 0 Å². The second kappa shape index (κ2) is 9.88. The molecular weight excluding hydrogens is 410 g/mol. The van der Waals surface area contributed by atoms with Crippen molar-refractivity contribution in [2.75, 3.05) is 6.26 Å². The number of ether oxygens (including phenoxy) is 1. The lowest BCUT2D eigenvalue weighted by Gasteiger charge is -2.22. The summed E-state index contributed by atoms with van der Waals surface area (Å²) in [7, 11) is 0. The van der Waals surface area contributed by atoms with Crippen LogP contribution >= 0.6 is 23.5 Å². The summed E-state index contributed by atoms with van der Waals surface area (Å²) in [5.41, 5.74) is 3.63. The monoisotopic (exact) mass is 437 g/mol. The van der Waals surface area contributed by atoms with E-state index in [0.717, 1.165) is 21.6 Å². The van der Waals surface area contributed by atoms with Gasteiger partial charge in [-0.2, -0.15) is 4.99 Å². The number of aliphatic imine (C=N–C) groups is 1. The van der Waals surface area contributed by atoms with Crippen molar-refractivity contribution in [1.82, 2.24) is 0 Å². The Balaban J connectivity index is 1.37. The van der Waals surface area contributed by atoms with Gasteiger partial charge in [-0.15, -0.1) is 11.8 Å². The Bertz CT molecular complexity index is 942. The number of benzene rings is 2. The standard InChI is InChI=1S/C25H27NO2S2/c1-17(19-10-12-21(13-11-19)20-6-4-3-5-7-20)28-22-14-8-18(9-15-22)16-23-24(27)26-25(29-2)30-23/h8-17,20H,3-7H2,1-2H3/b23-16+. The highest BCUT2D eigenvalue weighted by atomic mass is 32.2. The van der Waals surface area contributed by atoms with E-state index in [4.69, 9.17) is 4.74 Å².